The fourth-order valence-corrected chi connectivity index (χ4v) is 2.39. The lowest BCUT2D eigenvalue weighted by atomic mass is 10.1. The number of rotatable bonds is 7. The van der Waals surface area contributed by atoms with Crippen LogP contribution in [0.4, 0.5) is 4.79 Å². The molecular weight excluding hydrogens is 364 g/mol. The fourth-order valence-electron chi connectivity index (χ4n) is 2.39. The first-order valence-electron chi connectivity index (χ1n) is 9.99. The second-order valence-electron chi connectivity index (χ2n) is 7.77. The van der Waals surface area contributed by atoms with Crippen molar-refractivity contribution in [3.8, 4) is 0 Å². The normalized spacial score (nSPS) is 19.1. The van der Waals surface area contributed by atoms with Gasteiger partial charge in [0.2, 0.25) is 0 Å². The van der Waals surface area contributed by atoms with Crippen molar-refractivity contribution in [1.29, 1.82) is 0 Å². The van der Waals surface area contributed by atoms with E-state index in [4.69, 9.17) is 29.8 Å². The number of carbonyl (C=O) groups excluding carboxylic acids is 1. The first-order chi connectivity index (χ1) is 13.0. The minimum absolute atomic E-state index is 0.00907. The van der Waals surface area contributed by atoms with Gasteiger partial charge in [0.05, 0.1) is 19.3 Å². The number of carbonyl (C=O) groups is 1. The lowest BCUT2D eigenvalue weighted by molar-refractivity contribution is -0.0631. The second kappa shape index (κ2) is 15.0. The number of ether oxygens (including phenoxy) is 4. The van der Waals surface area contributed by atoms with Gasteiger partial charge in [-0.15, -0.1) is 0 Å². The molecule has 2 atom stereocenters. The summed E-state index contributed by atoms with van der Waals surface area (Å²) in [4.78, 5) is 13.9. The second-order valence-corrected chi connectivity index (χ2v) is 7.77. The molecule has 0 saturated carbocycles. The highest BCUT2D eigenvalue weighted by Gasteiger charge is 2.45. The maximum absolute atomic E-state index is 12.2. The van der Waals surface area contributed by atoms with Gasteiger partial charge < -0.3 is 29.8 Å². The number of methoxy groups -OCH3 is 2. The molecule has 0 radical (unpaired) electrons. The van der Waals surface area contributed by atoms with Crippen LogP contribution in [0.25, 0.3) is 0 Å². The van der Waals surface area contributed by atoms with E-state index in [0.29, 0.717) is 19.8 Å². The van der Waals surface area contributed by atoms with Gasteiger partial charge in [-0.2, -0.15) is 0 Å². The summed E-state index contributed by atoms with van der Waals surface area (Å²) in [5.41, 5.74) is 4.21. The summed E-state index contributed by atoms with van der Waals surface area (Å²) in [6, 6.07) is -0.107. The number of aliphatic hydroxyl groups is 1. The van der Waals surface area contributed by atoms with Crippen molar-refractivity contribution >= 4 is 6.09 Å². The SMILES string of the molecule is CC.COCCC(N)CO.COCCC1COC(C)(C)N1C(=O)OC(C)(C)C. The van der Waals surface area contributed by atoms with Crippen molar-refractivity contribution < 1.29 is 28.8 Å². The average Bonchev–Trinajstić information content (AvgIpc) is 2.93. The Balaban J connectivity index is 0. The lowest BCUT2D eigenvalue weighted by Gasteiger charge is -2.35. The molecule has 1 amide bonds. The molecule has 2 unspecified atom stereocenters. The first kappa shape index (κ1) is 29.3. The van der Waals surface area contributed by atoms with Crippen LogP contribution < -0.4 is 5.73 Å². The van der Waals surface area contributed by atoms with Crippen LogP contribution in [-0.2, 0) is 18.9 Å². The average molecular weight is 409 g/mol. The number of hydrogen-bond donors (Lipinski definition) is 2. The van der Waals surface area contributed by atoms with Gasteiger partial charge in [0.1, 0.15) is 11.3 Å². The number of amides is 1. The summed E-state index contributed by atoms with van der Waals surface area (Å²) in [7, 11) is 3.27. The van der Waals surface area contributed by atoms with Crippen molar-refractivity contribution in [2.45, 2.75) is 84.7 Å². The molecule has 1 rings (SSSR count). The molecule has 1 aliphatic rings. The molecule has 0 aromatic rings. The third kappa shape index (κ3) is 12.5. The fraction of sp³-hybridized carbons (Fsp3) is 0.950. The molecule has 1 aliphatic heterocycles. The highest BCUT2D eigenvalue weighted by atomic mass is 16.6. The molecule has 0 bridgehead atoms. The van der Waals surface area contributed by atoms with Crippen molar-refractivity contribution in [3.05, 3.63) is 0 Å². The zero-order chi connectivity index (χ0) is 22.4. The molecule has 3 N–H and O–H groups in total. The molecule has 8 nitrogen and oxygen atoms in total. The van der Waals surface area contributed by atoms with Crippen LogP contribution in [-0.4, -0.2) is 80.2 Å². The van der Waals surface area contributed by atoms with Gasteiger partial charge in [0, 0.05) is 33.5 Å². The summed E-state index contributed by atoms with van der Waals surface area (Å²) in [6.45, 7) is 15.1. The van der Waals surface area contributed by atoms with Crippen molar-refractivity contribution in [2.24, 2.45) is 5.73 Å². The molecule has 170 valence electrons. The molecule has 1 saturated heterocycles. The quantitative estimate of drug-likeness (QED) is 0.667. The van der Waals surface area contributed by atoms with E-state index >= 15 is 0 Å². The van der Waals surface area contributed by atoms with E-state index in [1.165, 1.54) is 0 Å². The highest BCUT2D eigenvalue weighted by molar-refractivity contribution is 5.69. The van der Waals surface area contributed by atoms with Crippen LogP contribution >= 0.6 is 0 Å². The van der Waals surface area contributed by atoms with Crippen LogP contribution in [0.5, 0.6) is 0 Å². The Kier molecular flexibility index (Phi) is 15.7. The Hall–Kier alpha value is -0.930. The van der Waals surface area contributed by atoms with E-state index < -0.39 is 11.3 Å². The van der Waals surface area contributed by atoms with E-state index in [1.54, 1.807) is 19.1 Å². The predicted molar refractivity (Wildman–Crippen MR) is 111 cm³/mol. The van der Waals surface area contributed by atoms with Gasteiger partial charge >= 0.3 is 6.09 Å². The van der Waals surface area contributed by atoms with Crippen LogP contribution in [0, 0.1) is 0 Å². The summed E-state index contributed by atoms with van der Waals surface area (Å²) in [5, 5.41) is 8.38. The van der Waals surface area contributed by atoms with E-state index in [2.05, 4.69) is 0 Å². The zero-order valence-corrected chi connectivity index (χ0v) is 19.4. The van der Waals surface area contributed by atoms with Crippen LogP contribution in [0.1, 0.15) is 61.3 Å². The standard InChI is InChI=1S/C13H25NO4.C5H13NO2.C2H6/c1-12(2,3)18-11(15)14-10(7-8-16-6)9-17-13(14,4)5;1-8-3-2-5(6)4-7;1-2/h10H,7-9H2,1-6H3;5,7H,2-4,6H2,1H3;1-2H3. The van der Waals surface area contributed by atoms with Crippen LogP contribution in [0.3, 0.4) is 0 Å². The molecule has 0 aromatic carbocycles. The Morgan fingerprint density at radius 2 is 1.79 bits per heavy atom. The number of nitrogens with two attached hydrogens (primary N) is 1. The molecule has 0 aromatic heterocycles. The largest absolute Gasteiger partial charge is 0.444 e. The smallest absolute Gasteiger partial charge is 0.412 e. The molecule has 0 spiro atoms. The van der Waals surface area contributed by atoms with Crippen molar-refractivity contribution in [1.82, 2.24) is 4.90 Å². The molecule has 8 heteroatoms. The van der Waals surface area contributed by atoms with Crippen molar-refractivity contribution in [2.75, 3.05) is 40.6 Å². The molecular formula is C20H44N2O6. The van der Waals surface area contributed by atoms with E-state index in [1.807, 2.05) is 48.5 Å². The van der Waals surface area contributed by atoms with Crippen LogP contribution in [0.15, 0.2) is 0 Å². The maximum atomic E-state index is 12.2. The summed E-state index contributed by atoms with van der Waals surface area (Å²) < 4.78 is 20.9. The monoisotopic (exact) mass is 408 g/mol. The topological polar surface area (TPSA) is 103 Å². The van der Waals surface area contributed by atoms with Gasteiger partial charge in [-0.05, 0) is 47.5 Å². The Labute approximate surface area is 171 Å². The first-order valence-corrected chi connectivity index (χ1v) is 9.99. The maximum Gasteiger partial charge on any atom is 0.412 e. The van der Waals surface area contributed by atoms with E-state index in [9.17, 15) is 4.79 Å². The van der Waals surface area contributed by atoms with Gasteiger partial charge in [0.15, 0.2) is 0 Å². The molecule has 28 heavy (non-hydrogen) atoms. The summed E-state index contributed by atoms with van der Waals surface area (Å²) in [6.07, 6.45) is 1.15. The van der Waals surface area contributed by atoms with Gasteiger partial charge in [0.25, 0.3) is 0 Å². The van der Waals surface area contributed by atoms with Crippen molar-refractivity contribution in [3.63, 3.8) is 0 Å². The highest BCUT2D eigenvalue weighted by Crippen LogP contribution is 2.30. The lowest BCUT2D eigenvalue weighted by Crippen LogP contribution is -2.50. The number of nitrogens with zero attached hydrogens (tertiary/aromatic N) is 1. The third-order valence-electron chi connectivity index (χ3n) is 3.75. The van der Waals surface area contributed by atoms with Gasteiger partial charge in [-0.1, -0.05) is 13.8 Å². The number of aliphatic hydroxyl groups excluding tert-OH is 1. The van der Waals surface area contributed by atoms with E-state index in [-0.39, 0.29) is 24.8 Å². The summed E-state index contributed by atoms with van der Waals surface area (Å²) in [5.74, 6) is 0. The Morgan fingerprint density at radius 3 is 2.21 bits per heavy atom. The summed E-state index contributed by atoms with van der Waals surface area (Å²) >= 11 is 0. The Morgan fingerprint density at radius 1 is 1.25 bits per heavy atom. The minimum atomic E-state index is -0.624. The predicted octanol–water partition coefficient (Wildman–Crippen LogP) is 2.76. The van der Waals surface area contributed by atoms with Gasteiger partial charge in [-0.25, -0.2) is 4.79 Å². The van der Waals surface area contributed by atoms with E-state index in [0.717, 1.165) is 12.8 Å². The minimum Gasteiger partial charge on any atom is -0.444 e. The molecule has 0 aliphatic carbocycles. The third-order valence-corrected chi connectivity index (χ3v) is 3.75. The van der Waals surface area contributed by atoms with Gasteiger partial charge in [-0.3, -0.25) is 4.90 Å². The number of hydrogen-bond acceptors (Lipinski definition) is 7. The molecule has 1 heterocycles. The molecule has 1 fully saturated rings. The zero-order valence-electron chi connectivity index (χ0n) is 19.4. The van der Waals surface area contributed by atoms with Crippen LogP contribution in [0.2, 0.25) is 0 Å². The Bertz CT molecular complexity index is 399.